The van der Waals surface area contributed by atoms with Crippen molar-refractivity contribution in [2.75, 3.05) is 6.61 Å². The maximum atomic E-state index is 9.98. The molecule has 0 aliphatic carbocycles. The molecule has 0 heterocycles. The van der Waals surface area contributed by atoms with Crippen LogP contribution in [0.1, 0.15) is 0 Å². The normalized spacial score (nSPS) is 8.85. The molecule has 66 valence electrons. The van der Waals surface area contributed by atoms with Crippen LogP contribution in [0.25, 0.3) is 0 Å². The van der Waals surface area contributed by atoms with Gasteiger partial charge in [-0.25, -0.2) is 0 Å². The fourth-order valence-corrected chi connectivity index (χ4v) is 1.16. The Hall–Kier alpha value is -1.47. The van der Waals surface area contributed by atoms with Gasteiger partial charge >= 0.3 is 0 Å². The first-order valence-corrected chi connectivity index (χ1v) is 4.41. The Morgan fingerprint density at radius 2 is 2.15 bits per heavy atom. The van der Waals surface area contributed by atoms with Crippen LogP contribution in [0.3, 0.4) is 0 Å². The van der Waals surface area contributed by atoms with E-state index in [9.17, 15) is 4.79 Å². The number of nitriles is 1. The summed E-state index contributed by atoms with van der Waals surface area (Å²) in [6, 6.07) is 6.99. The number of benzene rings is 1. The largest absolute Gasteiger partial charge is 0.486 e. The number of carbonyl (C=O) groups is 1. The van der Waals surface area contributed by atoms with Crippen LogP contribution < -0.4 is 4.74 Å². The van der Waals surface area contributed by atoms with Gasteiger partial charge < -0.3 is 4.74 Å². The van der Waals surface area contributed by atoms with Gasteiger partial charge in [-0.2, -0.15) is 5.26 Å². The molecule has 0 saturated heterocycles. The number of thiocyanates is 1. The van der Waals surface area contributed by atoms with Crippen LogP contribution in [0.4, 0.5) is 0 Å². The Labute approximate surface area is 80.3 Å². The monoisotopic (exact) mass is 193 g/mol. The third kappa shape index (κ3) is 3.18. The fourth-order valence-electron chi connectivity index (χ4n) is 0.787. The summed E-state index contributed by atoms with van der Waals surface area (Å²) in [4.78, 5) is 10.8. The van der Waals surface area contributed by atoms with Crippen molar-refractivity contribution in [1.29, 1.82) is 5.26 Å². The van der Waals surface area contributed by atoms with Crippen LogP contribution in [0.2, 0.25) is 0 Å². The predicted octanol–water partition coefficient (Wildman–Crippen LogP) is 1.84. The van der Waals surface area contributed by atoms with Crippen LogP contribution >= 0.6 is 11.8 Å². The first-order chi connectivity index (χ1) is 6.36. The zero-order chi connectivity index (χ0) is 9.52. The van der Waals surface area contributed by atoms with E-state index in [0.717, 1.165) is 16.7 Å². The van der Waals surface area contributed by atoms with Crippen LogP contribution in [0, 0.1) is 10.7 Å². The summed E-state index contributed by atoms with van der Waals surface area (Å²) in [6.07, 6.45) is 0.692. The standard InChI is InChI=1S/C9H7NO2S/c10-7-13-9-3-1-8(2-4-9)12-6-5-11/h1-5H,6H2. The zero-order valence-corrected chi connectivity index (χ0v) is 7.58. The number of hydrogen-bond acceptors (Lipinski definition) is 4. The molecule has 1 aromatic carbocycles. The first kappa shape index (κ1) is 9.62. The number of carbonyl (C=O) groups excluding carboxylic acids is 1. The average molecular weight is 193 g/mol. The number of rotatable bonds is 4. The van der Waals surface area contributed by atoms with Crippen LogP contribution in [0.15, 0.2) is 29.2 Å². The Morgan fingerprint density at radius 1 is 1.46 bits per heavy atom. The molecule has 0 fully saturated rings. The summed E-state index contributed by atoms with van der Waals surface area (Å²) < 4.78 is 5.03. The van der Waals surface area contributed by atoms with Crippen LogP contribution in [-0.4, -0.2) is 12.9 Å². The van der Waals surface area contributed by atoms with Gasteiger partial charge in [0, 0.05) is 4.90 Å². The van der Waals surface area contributed by atoms with Crippen molar-refractivity contribution < 1.29 is 9.53 Å². The van der Waals surface area contributed by atoms with E-state index in [2.05, 4.69) is 0 Å². The van der Waals surface area contributed by atoms with E-state index in [-0.39, 0.29) is 6.61 Å². The van der Waals surface area contributed by atoms with Gasteiger partial charge in [0.1, 0.15) is 17.8 Å². The summed E-state index contributed by atoms with van der Waals surface area (Å²) in [5.74, 6) is 0.634. The predicted molar refractivity (Wildman–Crippen MR) is 49.5 cm³/mol. The summed E-state index contributed by atoms with van der Waals surface area (Å²) in [5, 5.41) is 10.3. The molecule has 0 atom stereocenters. The van der Waals surface area contributed by atoms with Crippen molar-refractivity contribution in [3.05, 3.63) is 24.3 Å². The van der Waals surface area contributed by atoms with Crippen molar-refractivity contribution in [2.45, 2.75) is 4.90 Å². The molecule has 0 aliphatic heterocycles. The lowest BCUT2D eigenvalue weighted by atomic mass is 10.3. The molecule has 1 rings (SSSR count). The smallest absolute Gasteiger partial charge is 0.157 e. The quantitative estimate of drug-likeness (QED) is 0.416. The lowest BCUT2D eigenvalue weighted by Crippen LogP contribution is -1.96. The van der Waals surface area contributed by atoms with Crippen molar-refractivity contribution in [3.63, 3.8) is 0 Å². The molecule has 0 spiro atoms. The number of nitrogens with zero attached hydrogens (tertiary/aromatic N) is 1. The van der Waals surface area contributed by atoms with Gasteiger partial charge in [-0.05, 0) is 36.0 Å². The highest BCUT2D eigenvalue weighted by molar-refractivity contribution is 8.03. The van der Waals surface area contributed by atoms with E-state index >= 15 is 0 Å². The van der Waals surface area contributed by atoms with Gasteiger partial charge in [-0.1, -0.05) is 0 Å². The van der Waals surface area contributed by atoms with E-state index in [1.807, 2.05) is 5.40 Å². The lowest BCUT2D eigenvalue weighted by molar-refractivity contribution is -0.109. The van der Waals surface area contributed by atoms with E-state index in [0.29, 0.717) is 12.0 Å². The minimum Gasteiger partial charge on any atom is -0.486 e. The highest BCUT2D eigenvalue weighted by Gasteiger charge is 1.94. The van der Waals surface area contributed by atoms with E-state index < -0.39 is 0 Å². The topological polar surface area (TPSA) is 50.1 Å². The summed E-state index contributed by atoms with van der Waals surface area (Å²) >= 11 is 1.09. The number of ether oxygens (including phenoxy) is 1. The minimum absolute atomic E-state index is 0.0603. The summed E-state index contributed by atoms with van der Waals surface area (Å²) in [5.41, 5.74) is 0. The Kier molecular flexibility index (Phi) is 3.86. The van der Waals surface area contributed by atoms with Gasteiger partial charge in [0.25, 0.3) is 0 Å². The van der Waals surface area contributed by atoms with E-state index in [1.165, 1.54) is 0 Å². The molecule has 0 saturated carbocycles. The average Bonchev–Trinajstić information content (AvgIpc) is 2.17. The maximum absolute atomic E-state index is 9.98. The molecular formula is C9H7NO2S. The minimum atomic E-state index is 0.0603. The highest BCUT2D eigenvalue weighted by atomic mass is 32.2. The Bertz CT molecular complexity index is 315. The first-order valence-electron chi connectivity index (χ1n) is 3.59. The second kappa shape index (κ2) is 5.22. The second-order valence-electron chi connectivity index (χ2n) is 2.14. The molecular weight excluding hydrogens is 186 g/mol. The Morgan fingerprint density at radius 3 is 2.69 bits per heavy atom. The molecule has 0 N–H and O–H groups in total. The second-order valence-corrected chi connectivity index (χ2v) is 3.00. The molecule has 13 heavy (non-hydrogen) atoms. The Balaban J connectivity index is 2.59. The van der Waals surface area contributed by atoms with Gasteiger partial charge in [-0.3, -0.25) is 4.79 Å². The SMILES string of the molecule is N#CSc1ccc(OCC=O)cc1. The third-order valence-corrected chi connectivity index (χ3v) is 1.90. The number of thioether (sulfide) groups is 1. The van der Waals surface area contributed by atoms with Gasteiger partial charge in [0.05, 0.1) is 0 Å². The zero-order valence-electron chi connectivity index (χ0n) is 6.77. The van der Waals surface area contributed by atoms with Gasteiger partial charge in [-0.15, -0.1) is 0 Å². The van der Waals surface area contributed by atoms with Crippen molar-refractivity contribution in [1.82, 2.24) is 0 Å². The van der Waals surface area contributed by atoms with Crippen LogP contribution in [-0.2, 0) is 4.79 Å². The van der Waals surface area contributed by atoms with E-state index in [1.54, 1.807) is 24.3 Å². The molecule has 0 unspecified atom stereocenters. The fraction of sp³-hybridized carbons (Fsp3) is 0.111. The summed E-state index contributed by atoms with van der Waals surface area (Å²) in [6.45, 7) is 0.0603. The van der Waals surface area contributed by atoms with E-state index in [4.69, 9.17) is 10.00 Å². The maximum Gasteiger partial charge on any atom is 0.157 e. The molecule has 4 heteroatoms. The number of hydrogen-bond donors (Lipinski definition) is 0. The molecule has 1 aromatic rings. The molecule has 0 radical (unpaired) electrons. The van der Waals surface area contributed by atoms with Crippen molar-refractivity contribution in [2.24, 2.45) is 0 Å². The summed E-state index contributed by atoms with van der Waals surface area (Å²) in [7, 11) is 0. The molecule has 0 amide bonds. The molecule has 0 aromatic heterocycles. The van der Waals surface area contributed by atoms with Gasteiger partial charge in [0.2, 0.25) is 0 Å². The van der Waals surface area contributed by atoms with Crippen molar-refractivity contribution >= 4 is 18.0 Å². The van der Waals surface area contributed by atoms with Gasteiger partial charge in [0.15, 0.2) is 6.29 Å². The highest BCUT2D eigenvalue weighted by Crippen LogP contribution is 2.19. The number of aldehydes is 1. The van der Waals surface area contributed by atoms with Crippen molar-refractivity contribution in [3.8, 4) is 11.2 Å². The molecule has 3 nitrogen and oxygen atoms in total. The molecule has 0 aliphatic rings. The third-order valence-electron chi connectivity index (χ3n) is 1.31. The lowest BCUT2D eigenvalue weighted by Gasteiger charge is -2.01. The van der Waals surface area contributed by atoms with Crippen LogP contribution in [0.5, 0.6) is 5.75 Å². The molecule has 0 bridgehead atoms.